The van der Waals surface area contributed by atoms with Gasteiger partial charge in [-0.15, -0.1) is 0 Å². The molecule has 6 heteroatoms. The number of hydrogen-bond acceptors (Lipinski definition) is 4. The van der Waals surface area contributed by atoms with Crippen molar-refractivity contribution >= 4 is 17.5 Å². The number of ether oxygens (including phenoxy) is 2. The van der Waals surface area contributed by atoms with Gasteiger partial charge in [0.2, 0.25) is 5.91 Å². The van der Waals surface area contributed by atoms with Crippen LogP contribution in [0.15, 0.2) is 42.5 Å². The maximum atomic E-state index is 12.8. The number of amides is 2. The van der Waals surface area contributed by atoms with E-state index in [1.54, 1.807) is 19.1 Å². The quantitative estimate of drug-likeness (QED) is 0.908. The van der Waals surface area contributed by atoms with Crippen molar-refractivity contribution in [3.8, 4) is 11.5 Å². The number of rotatable bonds is 5. The van der Waals surface area contributed by atoms with Gasteiger partial charge in [0.25, 0.3) is 5.91 Å². The Bertz CT molecular complexity index is 819. The number of benzene rings is 2. The lowest BCUT2D eigenvalue weighted by atomic mass is 10.1. The van der Waals surface area contributed by atoms with E-state index >= 15 is 0 Å². The summed E-state index contributed by atoms with van der Waals surface area (Å²) in [4.78, 5) is 26.0. The van der Waals surface area contributed by atoms with Gasteiger partial charge in [0.05, 0.1) is 20.8 Å². The zero-order chi connectivity index (χ0) is 18.0. The highest BCUT2D eigenvalue weighted by Gasteiger charge is 2.37. The molecule has 0 radical (unpaired) electrons. The highest BCUT2D eigenvalue weighted by atomic mass is 16.5. The van der Waals surface area contributed by atoms with E-state index < -0.39 is 6.04 Å². The average molecular weight is 340 g/mol. The normalized spacial score (nSPS) is 15.7. The maximum absolute atomic E-state index is 12.8. The molecular weight excluding hydrogens is 320 g/mol. The monoisotopic (exact) mass is 340 g/mol. The third-order valence-electron chi connectivity index (χ3n) is 4.19. The largest absolute Gasteiger partial charge is 0.493 e. The average Bonchev–Trinajstić information content (AvgIpc) is 2.87. The Labute approximate surface area is 146 Å². The predicted octanol–water partition coefficient (Wildman–Crippen LogP) is 2.43. The van der Waals surface area contributed by atoms with Crippen molar-refractivity contribution < 1.29 is 19.1 Å². The topological polar surface area (TPSA) is 67.9 Å². The van der Waals surface area contributed by atoms with Crippen LogP contribution in [0, 0.1) is 0 Å². The first-order valence-electron chi connectivity index (χ1n) is 7.93. The summed E-state index contributed by atoms with van der Waals surface area (Å²) < 4.78 is 10.6. The Morgan fingerprint density at radius 3 is 2.52 bits per heavy atom. The molecule has 2 aromatic rings. The third-order valence-corrected chi connectivity index (χ3v) is 4.19. The minimum Gasteiger partial charge on any atom is -0.493 e. The number of nitrogens with one attached hydrogen (secondary N) is 1. The minimum absolute atomic E-state index is 0.147. The van der Waals surface area contributed by atoms with E-state index in [1.807, 2.05) is 42.5 Å². The lowest BCUT2D eigenvalue weighted by Gasteiger charge is -2.19. The van der Waals surface area contributed by atoms with Crippen molar-refractivity contribution in [3.05, 3.63) is 53.6 Å². The van der Waals surface area contributed by atoms with Crippen molar-refractivity contribution in [2.24, 2.45) is 0 Å². The summed E-state index contributed by atoms with van der Waals surface area (Å²) in [5, 5.41) is 2.73. The van der Waals surface area contributed by atoms with Crippen LogP contribution in [-0.2, 0) is 16.1 Å². The number of fused-ring (bicyclic) bond motifs is 1. The van der Waals surface area contributed by atoms with Gasteiger partial charge in [0.1, 0.15) is 6.04 Å². The first kappa shape index (κ1) is 16.8. The molecule has 2 amide bonds. The Hall–Kier alpha value is -3.02. The van der Waals surface area contributed by atoms with Gasteiger partial charge >= 0.3 is 0 Å². The van der Waals surface area contributed by atoms with Crippen molar-refractivity contribution in [2.45, 2.75) is 19.5 Å². The van der Waals surface area contributed by atoms with Crippen LogP contribution in [0.2, 0.25) is 0 Å². The van der Waals surface area contributed by atoms with Crippen LogP contribution >= 0.6 is 0 Å². The molecule has 0 bridgehead atoms. The number of para-hydroxylation sites is 1. The smallest absolute Gasteiger partial charge is 0.254 e. The summed E-state index contributed by atoms with van der Waals surface area (Å²) in [6.45, 7) is 1.79. The Balaban J connectivity index is 1.92. The summed E-state index contributed by atoms with van der Waals surface area (Å²) >= 11 is 0. The summed E-state index contributed by atoms with van der Waals surface area (Å²) in [7, 11) is 3.15. The SMILES string of the molecule is COc1ccc(CN2C(=O)[C@@H](NC(C)=O)c3ccccc32)cc1OC. The van der Waals surface area contributed by atoms with Gasteiger partial charge < -0.3 is 19.7 Å². The third kappa shape index (κ3) is 3.15. The summed E-state index contributed by atoms with van der Waals surface area (Å²) in [5.41, 5.74) is 2.52. The predicted molar refractivity (Wildman–Crippen MR) is 93.7 cm³/mol. The Kier molecular flexibility index (Phi) is 4.61. The van der Waals surface area contributed by atoms with Crippen LogP contribution < -0.4 is 19.7 Å². The zero-order valence-corrected chi connectivity index (χ0v) is 14.4. The van der Waals surface area contributed by atoms with Gasteiger partial charge in [-0.1, -0.05) is 24.3 Å². The molecule has 6 nitrogen and oxygen atoms in total. The molecule has 1 N–H and O–H groups in total. The van der Waals surface area contributed by atoms with E-state index in [0.29, 0.717) is 18.0 Å². The van der Waals surface area contributed by atoms with Crippen LogP contribution in [-0.4, -0.2) is 26.0 Å². The van der Waals surface area contributed by atoms with Crippen molar-refractivity contribution in [1.82, 2.24) is 5.32 Å². The van der Waals surface area contributed by atoms with Gasteiger partial charge in [0.15, 0.2) is 11.5 Å². The number of carbonyl (C=O) groups excluding carboxylic acids is 2. The van der Waals surface area contributed by atoms with Crippen LogP contribution in [0.1, 0.15) is 24.1 Å². The highest BCUT2D eigenvalue weighted by Crippen LogP contribution is 2.37. The van der Waals surface area contributed by atoms with Gasteiger partial charge in [-0.25, -0.2) is 0 Å². The molecule has 2 aromatic carbocycles. The number of nitrogens with zero attached hydrogens (tertiary/aromatic N) is 1. The van der Waals surface area contributed by atoms with E-state index in [0.717, 1.165) is 16.8 Å². The minimum atomic E-state index is -0.645. The second-order valence-electron chi connectivity index (χ2n) is 5.81. The molecule has 0 aliphatic carbocycles. The number of carbonyl (C=O) groups is 2. The molecule has 0 aromatic heterocycles. The van der Waals surface area contributed by atoms with E-state index in [9.17, 15) is 9.59 Å². The van der Waals surface area contributed by atoms with Crippen molar-refractivity contribution in [3.63, 3.8) is 0 Å². The summed E-state index contributed by atoms with van der Waals surface area (Å²) in [6, 6.07) is 12.4. The van der Waals surface area contributed by atoms with Gasteiger partial charge in [-0.05, 0) is 23.8 Å². The molecule has 1 aliphatic heterocycles. The van der Waals surface area contributed by atoms with Crippen LogP contribution in [0.4, 0.5) is 5.69 Å². The Morgan fingerprint density at radius 1 is 1.12 bits per heavy atom. The fourth-order valence-corrected chi connectivity index (χ4v) is 3.05. The molecule has 0 fully saturated rings. The second-order valence-corrected chi connectivity index (χ2v) is 5.81. The fourth-order valence-electron chi connectivity index (χ4n) is 3.05. The van der Waals surface area contributed by atoms with Crippen LogP contribution in [0.5, 0.6) is 11.5 Å². The lowest BCUT2D eigenvalue weighted by Crippen LogP contribution is -2.36. The molecule has 0 saturated carbocycles. The molecule has 1 heterocycles. The molecule has 1 atom stereocenters. The highest BCUT2D eigenvalue weighted by molar-refractivity contribution is 6.06. The molecular formula is C19H20N2O4. The molecule has 130 valence electrons. The second kappa shape index (κ2) is 6.84. The first-order chi connectivity index (χ1) is 12.0. The molecule has 0 unspecified atom stereocenters. The van der Waals surface area contributed by atoms with E-state index in [2.05, 4.69) is 5.32 Å². The van der Waals surface area contributed by atoms with E-state index in [-0.39, 0.29) is 11.8 Å². The number of hydrogen-bond donors (Lipinski definition) is 1. The standard InChI is InChI=1S/C19H20N2O4/c1-12(22)20-18-14-6-4-5-7-15(14)21(19(18)23)11-13-8-9-16(24-2)17(10-13)25-3/h4-10,18H,11H2,1-3H3,(H,20,22)/t18-/m0/s1. The maximum Gasteiger partial charge on any atom is 0.254 e. The molecule has 1 aliphatic rings. The number of anilines is 1. The fraction of sp³-hybridized carbons (Fsp3) is 0.263. The van der Waals surface area contributed by atoms with Gasteiger partial charge in [-0.3, -0.25) is 9.59 Å². The van der Waals surface area contributed by atoms with Crippen LogP contribution in [0.3, 0.4) is 0 Å². The van der Waals surface area contributed by atoms with Crippen molar-refractivity contribution in [2.75, 3.05) is 19.1 Å². The number of methoxy groups -OCH3 is 2. The van der Waals surface area contributed by atoms with Gasteiger partial charge in [0, 0.05) is 18.2 Å². The van der Waals surface area contributed by atoms with Gasteiger partial charge in [-0.2, -0.15) is 0 Å². The molecule has 25 heavy (non-hydrogen) atoms. The Morgan fingerprint density at radius 2 is 1.84 bits per heavy atom. The van der Waals surface area contributed by atoms with Crippen molar-refractivity contribution in [1.29, 1.82) is 0 Å². The first-order valence-corrected chi connectivity index (χ1v) is 7.93. The summed E-state index contributed by atoms with van der Waals surface area (Å²) in [5.74, 6) is 0.862. The summed E-state index contributed by atoms with van der Waals surface area (Å²) in [6.07, 6.45) is 0. The van der Waals surface area contributed by atoms with E-state index in [4.69, 9.17) is 9.47 Å². The zero-order valence-electron chi connectivity index (χ0n) is 14.4. The lowest BCUT2D eigenvalue weighted by molar-refractivity contribution is -0.126. The van der Waals surface area contributed by atoms with E-state index in [1.165, 1.54) is 6.92 Å². The molecule has 3 rings (SSSR count). The molecule has 0 spiro atoms. The van der Waals surface area contributed by atoms with Crippen LogP contribution in [0.25, 0.3) is 0 Å². The molecule has 0 saturated heterocycles.